The van der Waals surface area contributed by atoms with Crippen molar-refractivity contribution in [3.05, 3.63) is 0 Å². The van der Waals surface area contributed by atoms with Gasteiger partial charge in [-0.3, -0.25) is 4.55 Å². The molecule has 0 fully saturated rings. The third-order valence-electron chi connectivity index (χ3n) is 5.74. The van der Waals surface area contributed by atoms with E-state index in [1.54, 1.807) is 0 Å². The first-order valence-electron chi connectivity index (χ1n) is 12.1. The highest BCUT2D eigenvalue weighted by atomic mass is 32.2. The topological polar surface area (TPSA) is 74.6 Å². The van der Waals surface area contributed by atoms with Crippen molar-refractivity contribution in [2.75, 3.05) is 0 Å². The Hall–Kier alpha value is -0.130. The van der Waals surface area contributed by atoms with E-state index < -0.39 is 15.4 Å². The Morgan fingerprint density at radius 1 is 0.571 bits per heavy atom. The second-order valence-electron chi connectivity index (χ2n) is 8.54. The van der Waals surface area contributed by atoms with Crippen LogP contribution in [0.15, 0.2) is 0 Å². The molecule has 0 radical (unpaired) electrons. The van der Waals surface area contributed by atoms with Crippen LogP contribution in [0.5, 0.6) is 0 Å². The van der Waals surface area contributed by atoms with E-state index in [1.165, 1.54) is 51.4 Å². The Morgan fingerprint density at radius 2 is 0.964 bits per heavy atom. The molecule has 0 aliphatic carbocycles. The summed E-state index contributed by atoms with van der Waals surface area (Å²) in [6.45, 7) is 4.30. The molecule has 4 nitrogen and oxygen atoms in total. The first kappa shape index (κ1) is 27.9. The summed E-state index contributed by atoms with van der Waals surface area (Å²) in [5.41, 5.74) is 0. The molecule has 0 aromatic heterocycles. The van der Waals surface area contributed by atoms with Crippen LogP contribution >= 0.6 is 0 Å². The number of hydrogen-bond donors (Lipinski definition) is 2. The zero-order valence-corrected chi connectivity index (χ0v) is 19.5. The van der Waals surface area contributed by atoms with Gasteiger partial charge in [-0.1, -0.05) is 110 Å². The minimum Gasteiger partial charge on any atom is -0.393 e. The standard InChI is InChI=1S/C23H48O4S/c1-3-5-6-7-13-16-20-23(28(25,26)27)21-17-14-11-9-8-10-12-15-19-22(24)18-4-2/h22-24H,3-21H2,1-2H3,(H,25,26,27). The molecule has 5 heteroatoms. The van der Waals surface area contributed by atoms with Crippen molar-refractivity contribution < 1.29 is 18.1 Å². The molecule has 0 aliphatic heterocycles. The van der Waals surface area contributed by atoms with Gasteiger partial charge in [-0.25, -0.2) is 0 Å². The molecule has 0 bridgehead atoms. The Morgan fingerprint density at radius 3 is 1.36 bits per heavy atom. The third-order valence-corrected chi connectivity index (χ3v) is 7.05. The molecule has 0 heterocycles. The zero-order chi connectivity index (χ0) is 21.1. The minimum atomic E-state index is -3.90. The summed E-state index contributed by atoms with van der Waals surface area (Å²) in [7, 11) is -3.90. The quantitative estimate of drug-likeness (QED) is 0.154. The van der Waals surface area contributed by atoms with Crippen molar-refractivity contribution in [2.45, 2.75) is 147 Å². The van der Waals surface area contributed by atoms with Crippen LogP contribution in [0.1, 0.15) is 136 Å². The summed E-state index contributed by atoms with van der Waals surface area (Å²) >= 11 is 0. The van der Waals surface area contributed by atoms with Crippen LogP contribution in [0.3, 0.4) is 0 Å². The molecule has 0 amide bonds. The predicted octanol–water partition coefficient (Wildman–Crippen LogP) is 7.06. The summed E-state index contributed by atoms with van der Waals surface area (Å²) in [6.07, 6.45) is 19.9. The summed E-state index contributed by atoms with van der Waals surface area (Å²) in [4.78, 5) is 0. The molecule has 28 heavy (non-hydrogen) atoms. The van der Waals surface area contributed by atoms with E-state index in [0.717, 1.165) is 57.8 Å². The second-order valence-corrected chi connectivity index (χ2v) is 10.2. The Bertz CT molecular complexity index is 422. The lowest BCUT2D eigenvalue weighted by atomic mass is 10.0. The van der Waals surface area contributed by atoms with E-state index in [0.29, 0.717) is 12.8 Å². The lowest BCUT2D eigenvalue weighted by molar-refractivity contribution is 0.150. The molecule has 2 unspecified atom stereocenters. The van der Waals surface area contributed by atoms with Gasteiger partial charge in [0, 0.05) is 0 Å². The van der Waals surface area contributed by atoms with E-state index in [-0.39, 0.29) is 6.10 Å². The average molecular weight is 421 g/mol. The number of hydrogen-bond acceptors (Lipinski definition) is 3. The van der Waals surface area contributed by atoms with Gasteiger partial charge in [0.2, 0.25) is 0 Å². The maximum Gasteiger partial charge on any atom is 0.267 e. The molecule has 0 rings (SSSR count). The molecule has 0 aromatic carbocycles. The van der Waals surface area contributed by atoms with Gasteiger partial charge >= 0.3 is 0 Å². The Kier molecular flexibility index (Phi) is 18.8. The summed E-state index contributed by atoms with van der Waals surface area (Å²) < 4.78 is 32.7. The number of aliphatic hydroxyl groups is 1. The van der Waals surface area contributed by atoms with E-state index in [2.05, 4.69) is 13.8 Å². The van der Waals surface area contributed by atoms with Gasteiger partial charge in [0.1, 0.15) is 0 Å². The molecular formula is C23H48O4S. The fourth-order valence-electron chi connectivity index (χ4n) is 3.88. The van der Waals surface area contributed by atoms with Crippen LogP contribution in [0.25, 0.3) is 0 Å². The highest BCUT2D eigenvalue weighted by molar-refractivity contribution is 7.86. The fourth-order valence-corrected chi connectivity index (χ4v) is 4.81. The maximum absolute atomic E-state index is 11.6. The van der Waals surface area contributed by atoms with Crippen molar-refractivity contribution in [3.8, 4) is 0 Å². The molecule has 0 saturated heterocycles. The first-order valence-corrected chi connectivity index (χ1v) is 13.6. The highest BCUT2D eigenvalue weighted by Gasteiger charge is 2.21. The molecule has 0 spiro atoms. The molecule has 2 N–H and O–H groups in total. The van der Waals surface area contributed by atoms with Gasteiger partial charge in [0.05, 0.1) is 11.4 Å². The van der Waals surface area contributed by atoms with Gasteiger partial charge in [-0.2, -0.15) is 8.42 Å². The van der Waals surface area contributed by atoms with Crippen molar-refractivity contribution in [3.63, 3.8) is 0 Å². The van der Waals surface area contributed by atoms with E-state index in [4.69, 9.17) is 0 Å². The van der Waals surface area contributed by atoms with Crippen LogP contribution in [0.2, 0.25) is 0 Å². The number of rotatable bonds is 21. The lowest BCUT2D eigenvalue weighted by Gasteiger charge is -2.13. The van der Waals surface area contributed by atoms with Crippen molar-refractivity contribution in [1.29, 1.82) is 0 Å². The van der Waals surface area contributed by atoms with E-state index >= 15 is 0 Å². The molecule has 0 saturated carbocycles. The number of unbranched alkanes of at least 4 members (excludes halogenated alkanes) is 12. The molecular weight excluding hydrogens is 372 g/mol. The van der Waals surface area contributed by atoms with E-state index in [9.17, 15) is 18.1 Å². The summed E-state index contributed by atoms with van der Waals surface area (Å²) in [6, 6.07) is 0. The van der Waals surface area contributed by atoms with Gasteiger partial charge in [-0.05, 0) is 25.7 Å². The third kappa shape index (κ3) is 17.9. The van der Waals surface area contributed by atoms with Gasteiger partial charge < -0.3 is 5.11 Å². The predicted molar refractivity (Wildman–Crippen MR) is 120 cm³/mol. The largest absolute Gasteiger partial charge is 0.393 e. The second kappa shape index (κ2) is 18.9. The maximum atomic E-state index is 11.6. The van der Waals surface area contributed by atoms with Crippen LogP contribution < -0.4 is 0 Å². The summed E-state index contributed by atoms with van der Waals surface area (Å²) in [5.74, 6) is 0. The van der Waals surface area contributed by atoms with Gasteiger partial charge in [-0.15, -0.1) is 0 Å². The monoisotopic (exact) mass is 420 g/mol. The van der Waals surface area contributed by atoms with Crippen LogP contribution in [0, 0.1) is 0 Å². The van der Waals surface area contributed by atoms with Crippen molar-refractivity contribution >= 4 is 10.1 Å². The Labute approximate surface area is 175 Å². The normalized spacial score (nSPS) is 14.3. The SMILES string of the molecule is CCCCCCCCC(CCCCCCCCCCC(O)CCC)S(=O)(=O)O. The van der Waals surface area contributed by atoms with Gasteiger partial charge in [0.15, 0.2) is 0 Å². The zero-order valence-electron chi connectivity index (χ0n) is 18.7. The van der Waals surface area contributed by atoms with Gasteiger partial charge in [0.25, 0.3) is 10.1 Å². The molecule has 170 valence electrons. The molecule has 0 aliphatic rings. The fraction of sp³-hybridized carbons (Fsp3) is 1.00. The molecule has 2 atom stereocenters. The van der Waals surface area contributed by atoms with E-state index in [1.807, 2.05) is 0 Å². The Balaban J connectivity index is 3.64. The highest BCUT2D eigenvalue weighted by Crippen LogP contribution is 2.19. The minimum absolute atomic E-state index is 0.114. The first-order chi connectivity index (χ1) is 13.4. The average Bonchev–Trinajstić information content (AvgIpc) is 2.63. The lowest BCUT2D eigenvalue weighted by Crippen LogP contribution is -2.20. The van der Waals surface area contributed by atoms with Crippen molar-refractivity contribution in [1.82, 2.24) is 0 Å². The molecule has 0 aromatic rings. The summed E-state index contributed by atoms with van der Waals surface area (Å²) in [5, 5.41) is 9.13. The van der Waals surface area contributed by atoms with Crippen LogP contribution in [0.4, 0.5) is 0 Å². The van der Waals surface area contributed by atoms with Crippen molar-refractivity contribution in [2.24, 2.45) is 0 Å². The van der Waals surface area contributed by atoms with Crippen LogP contribution in [-0.2, 0) is 10.1 Å². The smallest absolute Gasteiger partial charge is 0.267 e. The van der Waals surface area contributed by atoms with Crippen LogP contribution in [-0.4, -0.2) is 29.4 Å². The number of aliphatic hydroxyl groups excluding tert-OH is 1.